The molecule has 2 aliphatic rings. The Morgan fingerprint density at radius 2 is 1.88 bits per heavy atom. The number of piperidine rings is 1. The summed E-state index contributed by atoms with van der Waals surface area (Å²) in [5.74, 6) is 0.675. The molecule has 0 N–H and O–H groups in total. The molecular weight excluding hydrogens is 418 g/mol. The molecule has 2 aromatic carbocycles. The average Bonchev–Trinajstić information content (AvgIpc) is 2.64. The number of para-hydroxylation sites is 1. The van der Waals surface area contributed by atoms with Crippen LogP contribution in [0.3, 0.4) is 0 Å². The van der Waals surface area contributed by atoms with Gasteiger partial charge in [0.2, 0.25) is 0 Å². The number of rotatable bonds is 1. The molecule has 2 aliphatic heterocycles. The second-order valence-electron chi connectivity index (χ2n) is 6.80. The third-order valence-corrected chi connectivity index (χ3v) is 5.94. The molecule has 134 valence electrons. The third-order valence-electron chi connectivity index (χ3n) is 5.12. The van der Waals surface area contributed by atoms with Gasteiger partial charge in [-0.1, -0.05) is 39.7 Å². The Morgan fingerprint density at radius 1 is 1.15 bits per heavy atom. The smallest absolute Gasteiger partial charge is 0.255 e. The van der Waals surface area contributed by atoms with Crippen LogP contribution in [0.15, 0.2) is 46.9 Å². The van der Waals surface area contributed by atoms with Crippen molar-refractivity contribution in [2.24, 2.45) is 0 Å². The fourth-order valence-corrected chi connectivity index (χ4v) is 4.23. The minimum absolute atomic E-state index is 0.0892. The summed E-state index contributed by atoms with van der Waals surface area (Å²) in [5, 5.41) is 0.441. The maximum absolute atomic E-state index is 12.8. The van der Waals surface area contributed by atoms with Crippen molar-refractivity contribution in [1.82, 2.24) is 4.90 Å². The molecule has 0 atom stereocenters. The first-order chi connectivity index (χ1) is 12.5. The van der Waals surface area contributed by atoms with E-state index in [-0.39, 0.29) is 11.7 Å². The van der Waals surface area contributed by atoms with E-state index in [0.29, 0.717) is 54.3 Å². The number of fused-ring (bicyclic) bond motifs is 1. The van der Waals surface area contributed by atoms with E-state index in [4.69, 9.17) is 16.3 Å². The zero-order valence-electron chi connectivity index (χ0n) is 14.0. The third kappa shape index (κ3) is 3.14. The number of halogens is 2. The number of benzene rings is 2. The summed E-state index contributed by atoms with van der Waals surface area (Å²) in [6.07, 6.45) is 1.62. The Balaban J connectivity index is 1.50. The quantitative estimate of drug-likeness (QED) is 0.651. The Labute approximate surface area is 165 Å². The molecule has 0 aliphatic carbocycles. The molecule has 0 radical (unpaired) electrons. The highest BCUT2D eigenvalue weighted by atomic mass is 79.9. The second kappa shape index (κ2) is 6.71. The topological polar surface area (TPSA) is 46.6 Å². The Kier molecular flexibility index (Phi) is 4.53. The van der Waals surface area contributed by atoms with Gasteiger partial charge in [0.05, 0.1) is 22.6 Å². The van der Waals surface area contributed by atoms with E-state index in [0.717, 1.165) is 4.47 Å². The van der Waals surface area contributed by atoms with Gasteiger partial charge >= 0.3 is 0 Å². The summed E-state index contributed by atoms with van der Waals surface area (Å²) < 4.78 is 7.03. The molecule has 1 amide bonds. The second-order valence-corrected chi connectivity index (χ2v) is 8.12. The van der Waals surface area contributed by atoms with Crippen molar-refractivity contribution in [2.45, 2.75) is 24.9 Å². The molecule has 4 nitrogen and oxygen atoms in total. The normalized spacial score (nSPS) is 18.4. The van der Waals surface area contributed by atoms with E-state index >= 15 is 0 Å². The fraction of sp³-hybridized carbons (Fsp3) is 0.300. The molecule has 0 unspecified atom stereocenters. The van der Waals surface area contributed by atoms with Crippen LogP contribution in [0.4, 0.5) is 0 Å². The maximum Gasteiger partial charge on any atom is 0.255 e. The Morgan fingerprint density at radius 3 is 2.65 bits per heavy atom. The van der Waals surface area contributed by atoms with Gasteiger partial charge in [0.25, 0.3) is 5.91 Å². The predicted octanol–water partition coefficient (Wildman–Crippen LogP) is 4.74. The van der Waals surface area contributed by atoms with E-state index in [9.17, 15) is 9.59 Å². The highest BCUT2D eigenvalue weighted by Gasteiger charge is 2.43. The standard InChI is InChI=1S/C20H17BrClNO3/c21-13-5-6-16(22)15(11-13)19(25)23-9-7-20(8-10-23)12-17(24)14-3-1-2-4-18(14)26-20/h1-6,11H,7-10,12H2. The number of carbonyl (C=O) groups is 2. The number of nitrogens with zero attached hydrogens (tertiary/aromatic N) is 1. The largest absolute Gasteiger partial charge is 0.486 e. The molecule has 4 rings (SSSR count). The molecule has 26 heavy (non-hydrogen) atoms. The zero-order valence-corrected chi connectivity index (χ0v) is 16.3. The molecule has 2 aromatic rings. The lowest BCUT2D eigenvalue weighted by Crippen LogP contribution is -2.52. The molecule has 0 bridgehead atoms. The van der Waals surface area contributed by atoms with Crippen molar-refractivity contribution >= 4 is 39.2 Å². The van der Waals surface area contributed by atoms with E-state index in [2.05, 4.69) is 15.9 Å². The van der Waals surface area contributed by atoms with Gasteiger partial charge in [-0.2, -0.15) is 0 Å². The van der Waals surface area contributed by atoms with Crippen LogP contribution in [0.1, 0.15) is 40.0 Å². The lowest BCUT2D eigenvalue weighted by molar-refractivity contribution is -0.00569. The van der Waals surface area contributed by atoms with Crippen molar-refractivity contribution in [2.75, 3.05) is 13.1 Å². The van der Waals surface area contributed by atoms with Gasteiger partial charge in [-0.3, -0.25) is 9.59 Å². The molecule has 2 heterocycles. The number of carbonyl (C=O) groups excluding carboxylic acids is 2. The number of hydrogen-bond acceptors (Lipinski definition) is 3. The summed E-state index contributed by atoms with van der Waals surface area (Å²) >= 11 is 9.57. The van der Waals surface area contributed by atoms with Crippen molar-refractivity contribution in [3.63, 3.8) is 0 Å². The van der Waals surface area contributed by atoms with Crippen molar-refractivity contribution in [3.05, 3.63) is 63.1 Å². The number of ketones is 1. The first-order valence-corrected chi connectivity index (χ1v) is 9.70. The van der Waals surface area contributed by atoms with Crippen molar-refractivity contribution in [1.29, 1.82) is 0 Å². The van der Waals surface area contributed by atoms with E-state index in [1.807, 2.05) is 24.3 Å². The van der Waals surface area contributed by atoms with Crippen molar-refractivity contribution in [3.8, 4) is 5.75 Å². The Hall–Kier alpha value is -1.85. The predicted molar refractivity (Wildman–Crippen MR) is 103 cm³/mol. The first-order valence-electron chi connectivity index (χ1n) is 8.53. The van der Waals surface area contributed by atoms with Crippen LogP contribution in [-0.4, -0.2) is 35.3 Å². The highest BCUT2D eigenvalue weighted by molar-refractivity contribution is 9.10. The SMILES string of the molecule is O=C1CC2(CCN(C(=O)c3cc(Br)ccc3Cl)CC2)Oc2ccccc21. The number of likely N-dealkylation sites (tertiary alicyclic amines) is 1. The minimum atomic E-state index is -0.511. The fourth-order valence-electron chi connectivity index (χ4n) is 3.67. The Bertz CT molecular complexity index is 890. The minimum Gasteiger partial charge on any atom is -0.486 e. The number of ether oxygens (including phenoxy) is 1. The van der Waals surface area contributed by atoms with Crippen LogP contribution >= 0.6 is 27.5 Å². The summed E-state index contributed by atoms with van der Waals surface area (Å²) in [6, 6.07) is 12.6. The van der Waals surface area contributed by atoms with Gasteiger partial charge in [0.1, 0.15) is 11.4 Å². The van der Waals surface area contributed by atoms with Crippen LogP contribution < -0.4 is 4.74 Å². The number of hydrogen-bond donors (Lipinski definition) is 0. The van der Waals surface area contributed by atoms with E-state index < -0.39 is 5.60 Å². The van der Waals surface area contributed by atoms with E-state index in [1.165, 1.54) is 0 Å². The summed E-state index contributed by atoms with van der Waals surface area (Å²) in [4.78, 5) is 27.1. The zero-order chi connectivity index (χ0) is 18.3. The van der Waals surface area contributed by atoms with Crippen LogP contribution in [0, 0.1) is 0 Å². The monoisotopic (exact) mass is 433 g/mol. The summed E-state index contributed by atoms with van der Waals surface area (Å²) in [5.41, 5.74) is 0.629. The molecule has 1 saturated heterocycles. The van der Waals surface area contributed by atoms with Crippen molar-refractivity contribution < 1.29 is 14.3 Å². The molecular formula is C20H17BrClNO3. The maximum atomic E-state index is 12.8. The molecule has 1 spiro atoms. The van der Waals surface area contributed by atoms with Gasteiger partial charge in [0, 0.05) is 30.4 Å². The number of amides is 1. The highest BCUT2D eigenvalue weighted by Crippen LogP contribution is 2.39. The summed E-state index contributed by atoms with van der Waals surface area (Å²) in [6.45, 7) is 1.08. The van der Waals surface area contributed by atoms with Gasteiger partial charge in [-0.25, -0.2) is 0 Å². The van der Waals surface area contributed by atoms with Crippen LogP contribution in [0.5, 0.6) is 5.75 Å². The van der Waals surface area contributed by atoms with Gasteiger partial charge in [0.15, 0.2) is 5.78 Å². The van der Waals surface area contributed by atoms with Crippen LogP contribution in [-0.2, 0) is 0 Å². The lowest BCUT2D eigenvalue weighted by atomic mass is 9.82. The molecule has 6 heteroatoms. The molecule has 1 fully saturated rings. The summed E-state index contributed by atoms with van der Waals surface area (Å²) in [7, 11) is 0. The van der Waals surface area contributed by atoms with E-state index in [1.54, 1.807) is 23.1 Å². The lowest BCUT2D eigenvalue weighted by Gasteiger charge is -2.44. The molecule has 0 aromatic heterocycles. The van der Waals surface area contributed by atoms with Gasteiger partial charge < -0.3 is 9.64 Å². The first kappa shape index (κ1) is 17.6. The molecule has 0 saturated carbocycles. The van der Waals surface area contributed by atoms with Crippen LogP contribution in [0.2, 0.25) is 5.02 Å². The van der Waals surface area contributed by atoms with Crippen LogP contribution in [0.25, 0.3) is 0 Å². The van der Waals surface area contributed by atoms with Gasteiger partial charge in [-0.15, -0.1) is 0 Å². The number of Topliss-reactive ketones (excluding diaryl/α,β-unsaturated/α-hetero) is 1. The average molecular weight is 435 g/mol. The van der Waals surface area contributed by atoms with Gasteiger partial charge in [-0.05, 0) is 30.3 Å².